The monoisotopic (exact) mass is 278 g/mol. The molecule has 0 aromatic carbocycles. The Morgan fingerprint density at radius 2 is 1.70 bits per heavy atom. The summed E-state index contributed by atoms with van der Waals surface area (Å²) in [4.78, 5) is 2.97. The standard InChI is InChI=1S/C18H34N2/c1-15(2)16-6-8-17(9-7-16)20-13-12-19-14-18(20)10-4-3-5-11-18/h15-17,19H,3-14H2,1-2H3. The van der Waals surface area contributed by atoms with Gasteiger partial charge in [-0.05, 0) is 50.4 Å². The van der Waals surface area contributed by atoms with Crippen LogP contribution in [0.4, 0.5) is 0 Å². The summed E-state index contributed by atoms with van der Waals surface area (Å²) < 4.78 is 0. The zero-order chi connectivity index (χ0) is 14.0. The number of hydrogen-bond acceptors (Lipinski definition) is 2. The van der Waals surface area contributed by atoms with E-state index in [-0.39, 0.29) is 0 Å². The predicted molar refractivity (Wildman–Crippen MR) is 86.0 cm³/mol. The highest BCUT2D eigenvalue weighted by molar-refractivity contribution is 5.01. The normalized spacial score (nSPS) is 35.5. The van der Waals surface area contributed by atoms with Crippen LogP contribution in [0.1, 0.15) is 71.6 Å². The Balaban J connectivity index is 1.65. The zero-order valence-electron chi connectivity index (χ0n) is 13.7. The lowest BCUT2D eigenvalue weighted by Gasteiger charge is -2.54. The molecule has 0 aromatic heterocycles. The van der Waals surface area contributed by atoms with Gasteiger partial charge in [-0.1, -0.05) is 33.1 Å². The van der Waals surface area contributed by atoms with Gasteiger partial charge in [-0.15, -0.1) is 0 Å². The van der Waals surface area contributed by atoms with Crippen molar-refractivity contribution < 1.29 is 0 Å². The molecule has 1 spiro atoms. The van der Waals surface area contributed by atoms with E-state index in [0.717, 1.165) is 17.9 Å². The molecule has 2 heteroatoms. The van der Waals surface area contributed by atoms with E-state index in [9.17, 15) is 0 Å². The number of hydrogen-bond donors (Lipinski definition) is 1. The van der Waals surface area contributed by atoms with Crippen LogP contribution in [0.25, 0.3) is 0 Å². The highest BCUT2D eigenvalue weighted by atomic mass is 15.3. The minimum absolute atomic E-state index is 0.534. The summed E-state index contributed by atoms with van der Waals surface area (Å²) in [5, 5.41) is 3.70. The SMILES string of the molecule is CC(C)C1CCC(N2CCNCC23CCCCC3)CC1. The van der Waals surface area contributed by atoms with Crippen molar-refractivity contribution in [2.45, 2.75) is 83.2 Å². The molecular formula is C18H34N2. The molecule has 2 aliphatic carbocycles. The third-order valence-corrected chi connectivity index (χ3v) is 6.50. The Bertz CT molecular complexity index is 290. The maximum Gasteiger partial charge on any atom is 0.0337 e. The quantitative estimate of drug-likeness (QED) is 0.826. The van der Waals surface area contributed by atoms with Crippen LogP contribution in [-0.2, 0) is 0 Å². The lowest BCUT2D eigenvalue weighted by atomic mass is 9.74. The second kappa shape index (κ2) is 6.36. The van der Waals surface area contributed by atoms with Gasteiger partial charge in [0.15, 0.2) is 0 Å². The lowest BCUT2D eigenvalue weighted by molar-refractivity contribution is -0.0250. The zero-order valence-corrected chi connectivity index (χ0v) is 13.7. The minimum Gasteiger partial charge on any atom is -0.314 e. The fourth-order valence-corrected chi connectivity index (χ4v) is 5.18. The summed E-state index contributed by atoms with van der Waals surface area (Å²) in [6.07, 6.45) is 13.2. The molecule has 20 heavy (non-hydrogen) atoms. The second-order valence-electron chi connectivity index (χ2n) is 7.97. The average molecular weight is 278 g/mol. The van der Waals surface area contributed by atoms with E-state index >= 15 is 0 Å². The second-order valence-corrected chi connectivity index (χ2v) is 7.97. The van der Waals surface area contributed by atoms with Gasteiger partial charge in [0.1, 0.15) is 0 Å². The largest absolute Gasteiger partial charge is 0.314 e. The van der Waals surface area contributed by atoms with Gasteiger partial charge in [-0.3, -0.25) is 4.90 Å². The van der Waals surface area contributed by atoms with E-state index in [1.807, 2.05) is 0 Å². The first-order chi connectivity index (χ1) is 9.71. The molecular weight excluding hydrogens is 244 g/mol. The third kappa shape index (κ3) is 2.92. The maximum absolute atomic E-state index is 3.70. The van der Waals surface area contributed by atoms with E-state index in [1.54, 1.807) is 0 Å². The number of nitrogens with zero attached hydrogens (tertiary/aromatic N) is 1. The molecule has 0 atom stereocenters. The van der Waals surface area contributed by atoms with Crippen LogP contribution in [0.5, 0.6) is 0 Å². The van der Waals surface area contributed by atoms with Crippen molar-refractivity contribution in [3.8, 4) is 0 Å². The molecule has 1 saturated heterocycles. The van der Waals surface area contributed by atoms with E-state index in [1.165, 1.54) is 77.4 Å². The number of piperazine rings is 1. The van der Waals surface area contributed by atoms with Crippen molar-refractivity contribution >= 4 is 0 Å². The van der Waals surface area contributed by atoms with Crippen LogP contribution in [0.15, 0.2) is 0 Å². The van der Waals surface area contributed by atoms with Crippen LogP contribution in [0, 0.1) is 11.8 Å². The van der Waals surface area contributed by atoms with Crippen LogP contribution >= 0.6 is 0 Å². The Labute approximate surface area is 125 Å². The van der Waals surface area contributed by atoms with E-state index in [2.05, 4.69) is 24.1 Å². The van der Waals surface area contributed by atoms with Gasteiger partial charge >= 0.3 is 0 Å². The topological polar surface area (TPSA) is 15.3 Å². The van der Waals surface area contributed by atoms with Gasteiger partial charge in [0, 0.05) is 31.2 Å². The minimum atomic E-state index is 0.534. The Morgan fingerprint density at radius 1 is 1.00 bits per heavy atom. The molecule has 0 unspecified atom stereocenters. The molecule has 0 amide bonds. The molecule has 2 nitrogen and oxygen atoms in total. The molecule has 3 aliphatic rings. The summed E-state index contributed by atoms with van der Waals surface area (Å²) >= 11 is 0. The maximum atomic E-state index is 3.70. The molecule has 3 rings (SSSR count). The Kier molecular flexibility index (Phi) is 4.72. The number of nitrogens with one attached hydrogen (secondary N) is 1. The van der Waals surface area contributed by atoms with Crippen molar-refractivity contribution in [1.82, 2.24) is 10.2 Å². The van der Waals surface area contributed by atoms with Crippen LogP contribution < -0.4 is 5.32 Å². The lowest BCUT2D eigenvalue weighted by Crippen LogP contribution is -2.65. The van der Waals surface area contributed by atoms with Crippen molar-refractivity contribution in [2.75, 3.05) is 19.6 Å². The van der Waals surface area contributed by atoms with Gasteiger partial charge in [0.2, 0.25) is 0 Å². The van der Waals surface area contributed by atoms with E-state index in [4.69, 9.17) is 0 Å². The first-order valence-corrected chi connectivity index (χ1v) is 9.19. The van der Waals surface area contributed by atoms with Gasteiger partial charge in [-0.25, -0.2) is 0 Å². The van der Waals surface area contributed by atoms with Gasteiger partial charge in [-0.2, -0.15) is 0 Å². The highest BCUT2D eigenvalue weighted by Gasteiger charge is 2.43. The molecule has 1 heterocycles. The summed E-state index contributed by atoms with van der Waals surface area (Å²) in [5.41, 5.74) is 0.534. The van der Waals surface area contributed by atoms with Crippen LogP contribution in [0.2, 0.25) is 0 Å². The number of rotatable bonds is 2. The smallest absolute Gasteiger partial charge is 0.0337 e. The highest BCUT2D eigenvalue weighted by Crippen LogP contribution is 2.40. The summed E-state index contributed by atoms with van der Waals surface area (Å²) in [5.74, 6) is 1.89. The molecule has 0 aromatic rings. The van der Waals surface area contributed by atoms with E-state index < -0.39 is 0 Å². The fourth-order valence-electron chi connectivity index (χ4n) is 5.18. The third-order valence-electron chi connectivity index (χ3n) is 6.50. The molecule has 1 aliphatic heterocycles. The van der Waals surface area contributed by atoms with Crippen LogP contribution in [-0.4, -0.2) is 36.1 Å². The molecule has 3 fully saturated rings. The van der Waals surface area contributed by atoms with Crippen LogP contribution in [0.3, 0.4) is 0 Å². The van der Waals surface area contributed by atoms with Gasteiger partial charge in [0.05, 0.1) is 0 Å². The van der Waals surface area contributed by atoms with Gasteiger partial charge < -0.3 is 5.32 Å². The first-order valence-electron chi connectivity index (χ1n) is 9.19. The molecule has 116 valence electrons. The first kappa shape index (κ1) is 14.8. The predicted octanol–water partition coefficient (Wildman–Crippen LogP) is 3.81. The molecule has 2 saturated carbocycles. The van der Waals surface area contributed by atoms with Crippen molar-refractivity contribution in [3.63, 3.8) is 0 Å². The average Bonchev–Trinajstić information content (AvgIpc) is 2.49. The molecule has 0 bridgehead atoms. The van der Waals surface area contributed by atoms with Crippen molar-refractivity contribution in [2.24, 2.45) is 11.8 Å². The van der Waals surface area contributed by atoms with Crippen molar-refractivity contribution in [1.29, 1.82) is 0 Å². The summed E-state index contributed by atoms with van der Waals surface area (Å²) in [6.45, 7) is 8.61. The fraction of sp³-hybridized carbons (Fsp3) is 1.00. The Morgan fingerprint density at radius 3 is 2.35 bits per heavy atom. The molecule has 0 radical (unpaired) electrons. The van der Waals surface area contributed by atoms with Crippen molar-refractivity contribution in [3.05, 3.63) is 0 Å². The van der Waals surface area contributed by atoms with Gasteiger partial charge in [0.25, 0.3) is 0 Å². The molecule has 1 N–H and O–H groups in total. The Hall–Kier alpha value is -0.0800. The summed E-state index contributed by atoms with van der Waals surface area (Å²) in [7, 11) is 0. The summed E-state index contributed by atoms with van der Waals surface area (Å²) in [6, 6.07) is 0.894. The van der Waals surface area contributed by atoms with E-state index in [0.29, 0.717) is 5.54 Å².